The van der Waals surface area contributed by atoms with Gasteiger partial charge in [0.2, 0.25) is 0 Å². The van der Waals surface area contributed by atoms with Gasteiger partial charge in [-0.25, -0.2) is 0 Å². The highest BCUT2D eigenvalue weighted by Gasteiger charge is 2.12. The maximum Gasteiger partial charge on any atom is 0.255 e. The molecule has 106 valence electrons. The van der Waals surface area contributed by atoms with Crippen molar-refractivity contribution in [2.45, 2.75) is 20.0 Å². The Morgan fingerprint density at radius 3 is 2.60 bits per heavy atom. The van der Waals surface area contributed by atoms with Gasteiger partial charge in [-0.2, -0.15) is 0 Å². The summed E-state index contributed by atoms with van der Waals surface area (Å²) >= 11 is 0. The zero-order valence-electron chi connectivity index (χ0n) is 12.1. The number of para-hydroxylation sites is 1. The summed E-state index contributed by atoms with van der Waals surface area (Å²) in [4.78, 5) is 12.5. The van der Waals surface area contributed by atoms with Crippen LogP contribution in [0.15, 0.2) is 41.2 Å². The summed E-state index contributed by atoms with van der Waals surface area (Å²) in [6.45, 7) is 3.18. The van der Waals surface area contributed by atoms with Gasteiger partial charge in [0.15, 0.2) is 0 Å². The smallest absolute Gasteiger partial charge is 0.255 e. The van der Waals surface area contributed by atoms with Crippen LogP contribution in [0.2, 0.25) is 0 Å². The molecule has 2 rings (SSSR count). The Morgan fingerprint density at radius 2 is 1.95 bits per heavy atom. The molecule has 0 aliphatic carbocycles. The Labute approximate surface area is 119 Å². The van der Waals surface area contributed by atoms with E-state index in [0.29, 0.717) is 13.1 Å². The third kappa shape index (κ3) is 2.60. The van der Waals surface area contributed by atoms with Crippen molar-refractivity contribution in [2.24, 2.45) is 0 Å². The van der Waals surface area contributed by atoms with Crippen LogP contribution in [0.4, 0.5) is 0 Å². The van der Waals surface area contributed by atoms with Gasteiger partial charge in [-0.15, -0.1) is 0 Å². The fourth-order valence-electron chi connectivity index (χ4n) is 2.35. The van der Waals surface area contributed by atoms with Gasteiger partial charge in [0.05, 0.1) is 12.8 Å². The van der Waals surface area contributed by atoms with Gasteiger partial charge < -0.3 is 14.6 Å². The molecule has 0 amide bonds. The quantitative estimate of drug-likeness (QED) is 0.908. The molecule has 0 unspecified atom stereocenters. The molecule has 0 fully saturated rings. The van der Waals surface area contributed by atoms with E-state index in [2.05, 4.69) is 5.32 Å². The summed E-state index contributed by atoms with van der Waals surface area (Å²) < 4.78 is 7.17. The molecule has 0 bridgehead atoms. The van der Waals surface area contributed by atoms with Crippen molar-refractivity contribution in [2.75, 3.05) is 14.2 Å². The van der Waals surface area contributed by atoms with Crippen LogP contribution in [0.5, 0.6) is 5.75 Å². The Bertz CT molecular complexity index is 647. The molecular formula is C16H20N2O2. The van der Waals surface area contributed by atoms with Gasteiger partial charge in [0.1, 0.15) is 5.75 Å². The van der Waals surface area contributed by atoms with E-state index in [-0.39, 0.29) is 5.56 Å². The molecule has 0 aliphatic heterocycles. The van der Waals surface area contributed by atoms with Gasteiger partial charge in [0.25, 0.3) is 5.56 Å². The monoisotopic (exact) mass is 272 g/mol. The van der Waals surface area contributed by atoms with E-state index in [0.717, 1.165) is 22.6 Å². The molecule has 1 aromatic heterocycles. The fourth-order valence-corrected chi connectivity index (χ4v) is 2.35. The zero-order chi connectivity index (χ0) is 14.5. The van der Waals surface area contributed by atoms with E-state index in [9.17, 15) is 4.79 Å². The molecule has 1 heterocycles. The Morgan fingerprint density at radius 1 is 1.20 bits per heavy atom. The van der Waals surface area contributed by atoms with Crippen molar-refractivity contribution in [1.82, 2.24) is 9.88 Å². The lowest BCUT2D eigenvalue weighted by molar-refractivity contribution is 0.416. The molecule has 1 N–H and O–H groups in total. The Balaban J connectivity index is 2.63. The highest BCUT2D eigenvalue weighted by molar-refractivity contribution is 5.67. The average molecular weight is 272 g/mol. The Hall–Kier alpha value is -2.07. The predicted molar refractivity (Wildman–Crippen MR) is 81.1 cm³/mol. The van der Waals surface area contributed by atoms with E-state index in [4.69, 9.17) is 4.74 Å². The summed E-state index contributed by atoms with van der Waals surface area (Å²) in [5.74, 6) is 0.774. The van der Waals surface area contributed by atoms with Crippen molar-refractivity contribution in [3.8, 4) is 17.0 Å². The van der Waals surface area contributed by atoms with Gasteiger partial charge in [-0.3, -0.25) is 4.79 Å². The number of benzene rings is 1. The minimum absolute atomic E-state index is 0.0465. The second kappa shape index (κ2) is 6.39. The summed E-state index contributed by atoms with van der Waals surface area (Å²) in [5.41, 5.74) is 2.64. The van der Waals surface area contributed by atoms with Gasteiger partial charge in [-0.1, -0.05) is 18.2 Å². The number of aromatic nitrogens is 1. The molecule has 0 aliphatic rings. The molecule has 20 heavy (non-hydrogen) atoms. The first-order chi connectivity index (χ1) is 9.72. The minimum Gasteiger partial charge on any atom is -0.496 e. The highest BCUT2D eigenvalue weighted by Crippen LogP contribution is 2.28. The van der Waals surface area contributed by atoms with E-state index in [1.54, 1.807) is 11.7 Å². The predicted octanol–water partition coefficient (Wildman–Crippen LogP) is 2.26. The molecule has 4 heteroatoms. The first kappa shape index (κ1) is 14.3. The Kier molecular flexibility index (Phi) is 4.58. The molecule has 0 radical (unpaired) electrons. The number of rotatable bonds is 5. The third-order valence-electron chi connectivity index (χ3n) is 3.32. The van der Waals surface area contributed by atoms with E-state index in [1.807, 2.05) is 50.4 Å². The molecule has 0 saturated heterocycles. The largest absolute Gasteiger partial charge is 0.496 e. The van der Waals surface area contributed by atoms with E-state index >= 15 is 0 Å². The number of hydrogen-bond donors (Lipinski definition) is 1. The second-order valence-corrected chi connectivity index (χ2v) is 4.52. The number of nitrogens with zero attached hydrogens (tertiary/aromatic N) is 1. The van der Waals surface area contributed by atoms with Crippen molar-refractivity contribution in [1.29, 1.82) is 0 Å². The second-order valence-electron chi connectivity index (χ2n) is 4.52. The molecule has 2 aromatic rings. The van der Waals surface area contributed by atoms with Crippen LogP contribution in [0.25, 0.3) is 11.3 Å². The van der Waals surface area contributed by atoms with Gasteiger partial charge >= 0.3 is 0 Å². The standard InChI is InChI=1S/C16H20N2O2/c1-4-18-14(10-9-12(11-17-2)16(18)19)13-7-5-6-8-15(13)20-3/h5-10,17H,4,11H2,1-3H3. The van der Waals surface area contributed by atoms with Crippen molar-refractivity contribution in [3.05, 3.63) is 52.3 Å². The summed E-state index contributed by atoms with van der Waals surface area (Å²) in [7, 11) is 3.48. The van der Waals surface area contributed by atoms with Crippen molar-refractivity contribution >= 4 is 0 Å². The number of pyridine rings is 1. The molecule has 4 nitrogen and oxygen atoms in total. The van der Waals surface area contributed by atoms with Crippen molar-refractivity contribution < 1.29 is 4.74 Å². The normalized spacial score (nSPS) is 10.6. The fraction of sp³-hybridized carbons (Fsp3) is 0.312. The van der Waals surface area contributed by atoms with Crippen LogP contribution in [-0.2, 0) is 13.1 Å². The lowest BCUT2D eigenvalue weighted by Crippen LogP contribution is -2.26. The lowest BCUT2D eigenvalue weighted by atomic mass is 10.1. The molecular weight excluding hydrogens is 252 g/mol. The third-order valence-corrected chi connectivity index (χ3v) is 3.32. The topological polar surface area (TPSA) is 43.3 Å². The lowest BCUT2D eigenvalue weighted by Gasteiger charge is -2.15. The van der Waals surface area contributed by atoms with Gasteiger partial charge in [-0.05, 0) is 32.2 Å². The van der Waals surface area contributed by atoms with Crippen LogP contribution in [0.1, 0.15) is 12.5 Å². The van der Waals surface area contributed by atoms with Crippen LogP contribution >= 0.6 is 0 Å². The SMILES string of the molecule is CCn1c(-c2ccccc2OC)ccc(CNC)c1=O. The van der Waals surface area contributed by atoms with Crippen LogP contribution in [0, 0.1) is 0 Å². The maximum absolute atomic E-state index is 12.5. The summed E-state index contributed by atoms with van der Waals surface area (Å²) in [6.07, 6.45) is 0. The molecule has 0 saturated carbocycles. The van der Waals surface area contributed by atoms with E-state index < -0.39 is 0 Å². The first-order valence-electron chi connectivity index (χ1n) is 6.73. The molecule has 1 aromatic carbocycles. The number of methoxy groups -OCH3 is 1. The molecule has 0 atom stereocenters. The highest BCUT2D eigenvalue weighted by atomic mass is 16.5. The number of ether oxygens (including phenoxy) is 1. The van der Waals surface area contributed by atoms with Crippen LogP contribution in [0.3, 0.4) is 0 Å². The average Bonchev–Trinajstić information content (AvgIpc) is 2.49. The van der Waals surface area contributed by atoms with Gasteiger partial charge in [0, 0.05) is 24.2 Å². The zero-order valence-corrected chi connectivity index (χ0v) is 12.1. The first-order valence-corrected chi connectivity index (χ1v) is 6.73. The van der Waals surface area contributed by atoms with Crippen LogP contribution < -0.4 is 15.6 Å². The summed E-state index contributed by atoms with van der Waals surface area (Å²) in [6, 6.07) is 11.6. The van der Waals surface area contributed by atoms with Crippen molar-refractivity contribution in [3.63, 3.8) is 0 Å². The van der Waals surface area contributed by atoms with Crippen LogP contribution in [-0.4, -0.2) is 18.7 Å². The number of hydrogen-bond acceptors (Lipinski definition) is 3. The van der Waals surface area contributed by atoms with E-state index in [1.165, 1.54) is 0 Å². The minimum atomic E-state index is 0.0465. The molecule has 0 spiro atoms. The summed E-state index contributed by atoms with van der Waals surface area (Å²) in [5, 5.41) is 3.02. The maximum atomic E-state index is 12.5. The number of nitrogens with one attached hydrogen (secondary N) is 1.